The van der Waals surface area contributed by atoms with Crippen LogP contribution in [-0.2, 0) is 0 Å². The molecule has 0 fully saturated rings. The van der Waals surface area contributed by atoms with Gasteiger partial charge in [-0.2, -0.15) is 0 Å². The van der Waals surface area contributed by atoms with Crippen LogP contribution in [0.15, 0.2) is 24.3 Å². The molecule has 1 aromatic carbocycles. The van der Waals surface area contributed by atoms with E-state index >= 15 is 0 Å². The van der Waals surface area contributed by atoms with Crippen LogP contribution in [0.3, 0.4) is 0 Å². The molecule has 0 radical (unpaired) electrons. The Morgan fingerprint density at radius 3 is 2.65 bits per heavy atom. The second-order valence-corrected chi connectivity index (χ2v) is 4.50. The number of benzene rings is 1. The first-order chi connectivity index (χ1) is 8.22. The highest BCUT2D eigenvalue weighted by molar-refractivity contribution is 6.31. The van der Waals surface area contributed by atoms with Crippen LogP contribution in [0.4, 0.5) is 0 Å². The van der Waals surface area contributed by atoms with Gasteiger partial charge in [0.1, 0.15) is 0 Å². The van der Waals surface area contributed by atoms with E-state index in [0.717, 1.165) is 23.4 Å². The van der Waals surface area contributed by atoms with Gasteiger partial charge in [0.05, 0.1) is 0 Å². The van der Waals surface area contributed by atoms with Crippen molar-refractivity contribution in [2.24, 2.45) is 5.73 Å². The van der Waals surface area contributed by atoms with Crippen LogP contribution in [0, 0.1) is 0 Å². The van der Waals surface area contributed by atoms with Crippen LogP contribution in [0.25, 0.3) is 0 Å². The lowest BCUT2D eigenvalue weighted by molar-refractivity contribution is 0.256. The molecule has 0 saturated heterocycles. The molecule has 3 nitrogen and oxygen atoms in total. The third kappa shape index (κ3) is 4.28. The third-order valence-corrected chi connectivity index (χ3v) is 3.27. The van der Waals surface area contributed by atoms with E-state index in [0.29, 0.717) is 6.54 Å². The summed E-state index contributed by atoms with van der Waals surface area (Å²) in [5.41, 5.74) is 6.81. The van der Waals surface area contributed by atoms with E-state index in [1.807, 2.05) is 24.3 Å². The molecular formula is C13H21ClN2O. The van der Waals surface area contributed by atoms with Crippen molar-refractivity contribution >= 4 is 11.6 Å². The normalized spacial score (nSPS) is 14.6. The number of rotatable bonds is 7. The summed E-state index contributed by atoms with van der Waals surface area (Å²) in [5, 5.41) is 13.2. The van der Waals surface area contributed by atoms with Crippen LogP contribution in [0.5, 0.6) is 0 Å². The van der Waals surface area contributed by atoms with Crippen molar-refractivity contribution in [2.75, 3.05) is 13.2 Å². The van der Waals surface area contributed by atoms with E-state index in [-0.39, 0.29) is 18.7 Å². The van der Waals surface area contributed by atoms with Crippen molar-refractivity contribution in [3.8, 4) is 0 Å². The molecule has 1 aromatic rings. The zero-order chi connectivity index (χ0) is 12.7. The molecule has 0 saturated carbocycles. The summed E-state index contributed by atoms with van der Waals surface area (Å²) >= 11 is 6.16. The molecule has 4 N–H and O–H groups in total. The van der Waals surface area contributed by atoms with Crippen LogP contribution >= 0.6 is 11.6 Å². The van der Waals surface area contributed by atoms with Crippen molar-refractivity contribution in [1.29, 1.82) is 0 Å². The van der Waals surface area contributed by atoms with Gasteiger partial charge < -0.3 is 16.2 Å². The summed E-state index contributed by atoms with van der Waals surface area (Å²) < 4.78 is 0. The fraction of sp³-hybridized carbons (Fsp3) is 0.538. The van der Waals surface area contributed by atoms with Gasteiger partial charge in [-0.3, -0.25) is 0 Å². The minimum Gasteiger partial charge on any atom is -0.396 e. The van der Waals surface area contributed by atoms with Crippen LogP contribution < -0.4 is 11.1 Å². The predicted molar refractivity (Wildman–Crippen MR) is 72.2 cm³/mol. The number of nitrogens with two attached hydrogens (primary N) is 1. The van der Waals surface area contributed by atoms with Crippen molar-refractivity contribution in [1.82, 2.24) is 5.32 Å². The molecule has 1 rings (SSSR count). The molecule has 2 unspecified atom stereocenters. The van der Waals surface area contributed by atoms with Gasteiger partial charge in [0.15, 0.2) is 0 Å². The number of aliphatic hydroxyl groups is 1. The molecule has 2 atom stereocenters. The van der Waals surface area contributed by atoms with Crippen molar-refractivity contribution in [3.63, 3.8) is 0 Å². The predicted octanol–water partition coefficient (Wildman–Crippen LogP) is 2.09. The molecule has 17 heavy (non-hydrogen) atoms. The van der Waals surface area contributed by atoms with Gasteiger partial charge in [-0.05, 0) is 24.5 Å². The smallest absolute Gasteiger partial charge is 0.0461 e. The average molecular weight is 257 g/mol. The highest BCUT2D eigenvalue weighted by Gasteiger charge is 2.16. The molecule has 0 heterocycles. The summed E-state index contributed by atoms with van der Waals surface area (Å²) in [6.07, 6.45) is 1.69. The Morgan fingerprint density at radius 2 is 2.12 bits per heavy atom. The summed E-state index contributed by atoms with van der Waals surface area (Å²) in [6, 6.07) is 8.03. The van der Waals surface area contributed by atoms with E-state index in [1.165, 1.54) is 0 Å². The monoisotopic (exact) mass is 256 g/mol. The lowest BCUT2D eigenvalue weighted by Crippen LogP contribution is -2.37. The maximum atomic E-state index is 8.98. The van der Waals surface area contributed by atoms with E-state index in [2.05, 4.69) is 12.2 Å². The number of aliphatic hydroxyl groups excluding tert-OH is 1. The molecule has 4 heteroatoms. The molecule has 0 amide bonds. The highest BCUT2D eigenvalue weighted by atomic mass is 35.5. The number of hydrogen-bond acceptors (Lipinski definition) is 3. The van der Waals surface area contributed by atoms with Gasteiger partial charge in [0.25, 0.3) is 0 Å². The SMILES string of the molecule is CCC(CCO)NC(CN)c1ccccc1Cl. The highest BCUT2D eigenvalue weighted by Crippen LogP contribution is 2.22. The molecule has 0 bridgehead atoms. The van der Waals surface area contributed by atoms with Crippen molar-refractivity contribution in [2.45, 2.75) is 31.8 Å². The van der Waals surface area contributed by atoms with Gasteiger partial charge in [-0.1, -0.05) is 36.7 Å². The maximum absolute atomic E-state index is 8.98. The Hall–Kier alpha value is -0.610. The molecular weight excluding hydrogens is 236 g/mol. The second-order valence-electron chi connectivity index (χ2n) is 4.09. The van der Waals surface area contributed by atoms with Gasteiger partial charge in [-0.15, -0.1) is 0 Å². The second kappa shape index (κ2) is 7.67. The molecule has 0 aliphatic rings. The van der Waals surface area contributed by atoms with Crippen LogP contribution in [-0.4, -0.2) is 24.3 Å². The first kappa shape index (κ1) is 14.5. The number of nitrogens with one attached hydrogen (secondary N) is 1. The molecule has 0 aliphatic carbocycles. The Bertz CT molecular complexity index is 333. The van der Waals surface area contributed by atoms with Crippen LogP contribution in [0.2, 0.25) is 5.02 Å². The summed E-state index contributed by atoms with van der Waals surface area (Å²) in [6.45, 7) is 2.77. The number of hydrogen-bond donors (Lipinski definition) is 3. The van der Waals surface area contributed by atoms with Crippen molar-refractivity contribution in [3.05, 3.63) is 34.9 Å². The topological polar surface area (TPSA) is 58.3 Å². The minimum atomic E-state index is 0.0419. The van der Waals surface area contributed by atoms with E-state index in [1.54, 1.807) is 0 Å². The standard InChI is InChI=1S/C13H21ClN2O/c1-2-10(7-8-17)16-13(9-15)11-5-3-4-6-12(11)14/h3-6,10,13,16-17H,2,7-9,15H2,1H3. The fourth-order valence-electron chi connectivity index (χ4n) is 1.89. The summed E-state index contributed by atoms with van der Waals surface area (Å²) in [5.74, 6) is 0. The minimum absolute atomic E-state index is 0.0419. The van der Waals surface area contributed by atoms with Crippen molar-refractivity contribution < 1.29 is 5.11 Å². The van der Waals surface area contributed by atoms with E-state index in [4.69, 9.17) is 22.4 Å². The zero-order valence-electron chi connectivity index (χ0n) is 10.2. The lowest BCUT2D eigenvalue weighted by atomic mass is 10.0. The Balaban J connectivity index is 2.74. The van der Waals surface area contributed by atoms with E-state index < -0.39 is 0 Å². The first-order valence-electron chi connectivity index (χ1n) is 6.04. The Morgan fingerprint density at radius 1 is 1.41 bits per heavy atom. The maximum Gasteiger partial charge on any atom is 0.0461 e. The molecule has 0 aliphatic heterocycles. The zero-order valence-corrected chi connectivity index (χ0v) is 11.0. The third-order valence-electron chi connectivity index (χ3n) is 2.92. The largest absolute Gasteiger partial charge is 0.396 e. The first-order valence-corrected chi connectivity index (χ1v) is 6.42. The van der Waals surface area contributed by atoms with Crippen LogP contribution in [0.1, 0.15) is 31.4 Å². The average Bonchev–Trinajstić information content (AvgIpc) is 2.35. The van der Waals surface area contributed by atoms with Gasteiger partial charge >= 0.3 is 0 Å². The lowest BCUT2D eigenvalue weighted by Gasteiger charge is -2.24. The molecule has 0 spiro atoms. The fourth-order valence-corrected chi connectivity index (χ4v) is 2.16. The summed E-state index contributed by atoms with van der Waals surface area (Å²) in [7, 11) is 0. The Labute approximate surface area is 108 Å². The van der Waals surface area contributed by atoms with E-state index in [9.17, 15) is 0 Å². The molecule has 96 valence electrons. The molecule has 0 aromatic heterocycles. The van der Waals surface area contributed by atoms with Gasteiger partial charge in [0.2, 0.25) is 0 Å². The van der Waals surface area contributed by atoms with Gasteiger partial charge in [0, 0.05) is 30.3 Å². The quantitative estimate of drug-likeness (QED) is 0.700. The summed E-state index contributed by atoms with van der Waals surface area (Å²) in [4.78, 5) is 0. The van der Waals surface area contributed by atoms with Gasteiger partial charge in [-0.25, -0.2) is 0 Å². The number of halogens is 1. The Kier molecular flexibility index (Phi) is 6.52.